The first-order valence-electron chi connectivity index (χ1n) is 5.37. The molecule has 15 heavy (non-hydrogen) atoms. The van der Waals surface area contributed by atoms with E-state index in [-0.39, 0.29) is 6.54 Å². The Hall–Kier alpha value is -1.39. The fourth-order valence-corrected chi connectivity index (χ4v) is 2.11. The van der Waals surface area contributed by atoms with E-state index in [0.717, 1.165) is 18.5 Å². The van der Waals surface area contributed by atoms with E-state index >= 15 is 0 Å². The van der Waals surface area contributed by atoms with Crippen LogP contribution in [0.25, 0.3) is 0 Å². The summed E-state index contributed by atoms with van der Waals surface area (Å²) in [6.07, 6.45) is 7.88. The number of hydrogen-bond acceptors (Lipinski definition) is 3. The summed E-state index contributed by atoms with van der Waals surface area (Å²) >= 11 is 0. The second kappa shape index (κ2) is 4.42. The van der Waals surface area contributed by atoms with Crippen molar-refractivity contribution in [1.29, 1.82) is 0 Å². The zero-order valence-electron chi connectivity index (χ0n) is 8.59. The van der Waals surface area contributed by atoms with Gasteiger partial charge in [0.2, 0.25) is 0 Å². The molecule has 0 unspecified atom stereocenters. The lowest BCUT2D eigenvalue weighted by Gasteiger charge is -2.18. The normalized spacial score (nSPS) is 17.9. The lowest BCUT2D eigenvalue weighted by atomic mass is 9.87. The van der Waals surface area contributed by atoms with Gasteiger partial charge in [-0.3, -0.25) is 4.79 Å². The van der Waals surface area contributed by atoms with E-state index in [1.165, 1.54) is 23.9 Å². The van der Waals surface area contributed by atoms with Gasteiger partial charge in [-0.15, -0.1) is 5.10 Å². The third-order valence-electron chi connectivity index (χ3n) is 2.88. The second-order valence-corrected chi connectivity index (χ2v) is 4.07. The summed E-state index contributed by atoms with van der Waals surface area (Å²) in [6.45, 7) is -0.0975. The van der Waals surface area contributed by atoms with E-state index in [9.17, 15) is 4.79 Å². The van der Waals surface area contributed by atoms with Gasteiger partial charge in [0.1, 0.15) is 6.54 Å². The Morgan fingerprint density at radius 2 is 2.20 bits per heavy atom. The van der Waals surface area contributed by atoms with Crippen molar-refractivity contribution >= 4 is 5.97 Å². The van der Waals surface area contributed by atoms with E-state index in [1.54, 1.807) is 6.20 Å². The molecule has 0 saturated heterocycles. The zero-order valence-corrected chi connectivity index (χ0v) is 8.59. The molecule has 0 aliphatic heterocycles. The third kappa shape index (κ3) is 2.55. The minimum absolute atomic E-state index is 0.0975. The maximum atomic E-state index is 10.5. The van der Waals surface area contributed by atoms with E-state index in [4.69, 9.17) is 5.11 Å². The van der Waals surface area contributed by atoms with E-state index in [2.05, 4.69) is 10.3 Å². The first kappa shape index (κ1) is 10.1. The Balaban J connectivity index is 2.02. The highest BCUT2D eigenvalue weighted by atomic mass is 16.4. The number of carboxylic acids is 1. The molecule has 0 amide bonds. The molecule has 0 spiro atoms. The summed E-state index contributed by atoms with van der Waals surface area (Å²) in [5.41, 5.74) is 0.955. The standard InChI is InChI=1S/C10H15N3O2/c14-10(15)7-13-6-9(11-12-13)8-4-2-1-3-5-8/h6,8H,1-5,7H2,(H,14,15). The molecule has 1 aliphatic rings. The largest absolute Gasteiger partial charge is 0.480 e. The summed E-state index contributed by atoms with van der Waals surface area (Å²) in [5.74, 6) is -0.392. The van der Waals surface area contributed by atoms with Gasteiger partial charge in [0.05, 0.1) is 5.69 Å². The Kier molecular flexibility index (Phi) is 2.99. The van der Waals surface area contributed by atoms with Gasteiger partial charge in [-0.25, -0.2) is 4.68 Å². The number of aromatic nitrogens is 3. The number of carbonyl (C=O) groups is 1. The highest BCUT2D eigenvalue weighted by Gasteiger charge is 2.18. The van der Waals surface area contributed by atoms with Crippen LogP contribution in [-0.2, 0) is 11.3 Å². The smallest absolute Gasteiger partial charge is 0.325 e. The lowest BCUT2D eigenvalue weighted by molar-refractivity contribution is -0.137. The summed E-state index contributed by atoms with van der Waals surface area (Å²) in [5, 5.41) is 16.5. The van der Waals surface area contributed by atoms with Crippen molar-refractivity contribution in [2.45, 2.75) is 44.6 Å². The van der Waals surface area contributed by atoms with Crippen LogP contribution in [0.3, 0.4) is 0 Å². The van der Waals surface area contributed by atoms with Crippen molar-refractivity contribution < 1.29 is 9.90 Å². The Morgan fingerprint density at radius 1 is 1.47 bits per heavy atom. The summed E-state index contributed by atoms with van der Waals surface area (Å²) in [4.78, 5) is 10.5. The molecule has 1 N–H and O–H groups in total. The van der Waals surface area contributed by atoms with Crippen molar-refractivity contribution in [2.75, 3.05) is 0 Å². The van der Waals surface area contributed by atoms with Crippen LogP contribution in [0.1, 0.15) is 43.7 Å². The molecule has 1 aliphatic carbocycles. The molecule has 1 aromatic heterocycles. The average Bonchev–Trinajstić information content (AvgIpc) is 2.67. The highest BCUT2D eigenvalue weighted by Crippen LogP contribution is 2.30. The van der Waals surface area contributed by atoms with Crippen molar-refractivity contribution in [3.63, 3.8) is 0 Å². The maximum Gasteiger partial charge on any atom is 0.325 e. The maximum absolute atomic E-state index is 10.5. The van der Waals surface area contributed by atoms with Gasteiger partial charge in [-0.1, -0.05) is 24.5 Å². The van der Waals surface area contributed by atoms with Crippen LogP contribution in [0.4, 0.5) is 0 Å². The van der Waals surface area contributed by atoms with E-state index in [0.29, 0.717) is 5.92 Å². The summed E-state index contributed by atoms with van der Waals surface area (Å²) < 4.78 is 1.40. The van der Waals surface area contributed by atoms with Crippen LogP contribution in [0.2, 0.25) is 0 Å². The highest BCUT2D eigenvalue weighted by molar-refractivity contribution is 5.66. The van der Waals surface area contributed by atoms with Gasteiger partial charge in [0, 0.05) is 12.1 Å². The first-order valence-corrected chi connectivity index (χ1v) is 5.37. The van der Waals surface area contributed by atoms with Crippen molar-refractivity contribution in [3.05, 3.63) is 11.9 Å². The van der Waals surface area contributed by atoms with Gasteiger partial charge in [-0.2, -0.15) is 0 Å². The van der Waals surface area contributed by atoms with Crippen molar-refractivity contribution in [1.82, 2.24) is 15.0 Å². The minimum Gasteiger partial charge on any atom is -0.480 e. The van der Waals surface area contributed by atoms with Gasteiger partial charge in [-0.05, 0) is 12.8 Å². The molecule has 82 valence electrons. The van der Waals surface area contributed by atoms with Gasteiger partial charge >= 0.3 is 5.97 Å². The molecule has 5 nitrogen and oxygen atoms in total. The quantitative estimate of drug-likeness (QED) is 0.817. The van der Waals surface area contributed by atoms with E-state index in [1.807, 2.05) is 0 Å². The molecule has 0 radical (unpaired) electrons. The average molecular weight is 209 g/mol. The first-order chi connectivity index (χ1) is 7.25. The van der Waals surface area contributed by atoms with Gasteiger partial charge in [0.25, 0.3) is 0 Å². The van der Waals surface area contributed by atoms with Crippen LogP contribution in [0.15, 0.2) is 6.20 Å². The van der Waals surface area contributed by atoms with Gasteiger partial charge < -0.3 is 5.11 Å². The molecule has 1 heterocycles. The Morgan fingerprint density at radius 3 is 2.87 bits per heavy atom. The van der Waals surface area contributed by atoms with E-state index < -0.39 is 5.97 Å². The molecular formula is C10H15N3O2. The summed E-state index contributed by atoms with van der Waals surface area (Å²) in [6, 6.07) is 0. The minimum atomic E-state index is -0.880. The predicted molar refractivity (Wildman–Crippen MR) is 53.5 cm³/mol. The molecule has 1 fully saturated rings. The molecular weight excluding hydrogens is 194 g/mol. The molecule has 0 aromatic carbocycles. The Bertz CT molecular complexity index is 342. The fourth-order valence-electron chi connectivity index (χ4n) is 2.11. The van der Waals surface area contributed by atoms with Crippen LogP contribution in [0, 0.1) is 0 Å². The second-order valence-electron chi connectivity index (χ2n) is 4.07. The predicted octanol–water partition coefficient (Wildman–Crippen LogP) is 1.41. The molecule has 2 rings (SSSR count). The fraction of sp³-hybridized carbons (Fsp3) is 0.700. The van der Waals surface area contributed by atoms with Crippen LogP contribution < -0.4 is 0 Å². The molecule has 5 heteroatoms. The van der Waals surface area contributed by atoms with Crippen molar-refractivity contribution in [2.24, 2.45) is 0 Å². The number of rotatable bonds is 3. The number of nitrogens with zero attached hydrogens (tertiary/aromatic N) is 3. The number of carboxylic acid groups (broad SMARTS) is 1. The molecule has 1 aromatic rings. The van der Waals surface area contributed by atoms with Crippen LogP contribution in [0.5, 0.6) is 0 Å². The molecule has 0 bridgehead atoms. The van der Waals surface area contributed by atoms with Crippen LogP contribution >= 0.6 is 0 Å². The zero-order chi connectivity index (χ0) is 10.7. The molecule has 1 saturated carbocycles. The molecule has 0 atom stereocenters. The number of aliphatic carboxylic acids is 1. The van der Waals surface area contributed by atoms with Gasteiger partial charge in [0.15, 0.2) is 0 Å². The Labute approximate surface area is 88.1 Å². The SMILES string of the molecule is O=C(O)Cn1cc(C2CCCCC2)nn1. The topological polar surface area (TPSA) is 68.0 Å². The van der Waals surface area contributed by atoms with Crippen LogP contribution in [-0.4, -0.2) is 26.1 Å². The monoisotopic (exact) mass is 209 g/mol. The third-order valence-corrected chi connectivity index (χ3v) is 2.88. The lowest BCUT2D eigenvalue weighted by Crippen LogP contribution is -2.09. The summed E-state index contributed by atoms with van der Waals surface area (Å²) in [7, 11) is 0. The van der Waals surface area contributed by atoms with Crippen molar-refractivity contribution in [3.8, 4) is 0 Å². The number of hydrogen-bond donors (Lipinski definition) is 1.